The molecule has 114 valence electrons. The molecule has 1 saturated heterocycles. The monoisotopic (exact) mass is 347 g/mol. The minimum absolute atomic E-state index is 0.00359. The van der Waals surface area contributed by atoms with Crippen molar-refractivity contribution >= 4 is 33.2 Å². The van der Waals surface area contributed by atoms with Crippen LogP contribution in [0.3, 0.4) is 0 Å². The Balaban J connectivity index is 2.06. The fraction of sp³-hybridized carbons (Fsp3) is 0.462. The molecule has 0 radical (unpaired) electrons. The average Bonchev–Trinajstić information content (AvgIpc) is 2.43. The van der Waals surface area contributed by atoms with E-state index in [1.54, 1.807) is 6.07 Å². The summed E-state index contributed by atoms with van der Waals surface area (Å²) in [5, 5.41) is 9.12. The summed E-state index contributed by atoms with van der Waals surface area (Å²) in [7, 11) is -3.69. The number of nitriles is 1. The summed E-state index contributed by atoms with van der Waals surface area (Å²) in [6.45, 7) is 1.77. The third-order valence-electron chi connectivity index (χ3n) is 3.39. The van der Waals surface area contributed by atoms with Crippen molar-refractivity contribution in [2.45, 2.75) is 23.8 Å². The molecule has 1 aromatic rings. The van der Waals surface area contributed by atoms with Crippen molar-refractivity contribution in [3.8, 4) is 6.07 Å². The molecule has 1 aliphatic rings. The molecule has 21 heavy (non-hydrogen) atoms. The molecule has 0 unspecified atom stereocenters. The van der Waals surface area contributed by atoms with E-state index < -0.39 is 10.0 Å². The second-order valence-electron chi connectivity index (χ2n) is 4.90. The molecule has 1 fully saturated rings. The second-order valence-corrected chi connectivity index (χ2v) is 7.43. The van der Waals surface area contributed by atoms with Crippen molar-refractivity contribution in [2.24, 2.45) is 0 Å². The van der Waals surface area contributed by atoms with Crippen LogP contribution in [0.25, 0.3) is 0 Å². The number of sulfonamides is 1. The molecule has 1 aliphatic heterocycles. The van der Waals surface area contributed by atoms with Crippen LogP contribution in [0, 0.1) is 11.3 Å². The van der Waals surface area contributed by atoms with Crippen molar-refractivity contribution in [1.29, 1.82) is 5.26 Å². The van der Waals surface area contributed by atoms with Gasteiger partial charge in [-0.15, -0.1) is 0 Å². The number of rotatable bonds is 4. The summed E-state index contributed by atoms with van der Waals surface area (Å²) >= 11 is 11.8. The molecule has 0 aliphatic carbocycles. The molecular formula is C13H15Cl2N3O2S. The molecule has 5 nitrogen and oxygen atoms in total. The number of nitrogens with one attached hydrogen (secondary N) is 1. The number of piperidine rings is 1. The van der Waals surface area contributed by atoms with E-state index >= 15 is 0 Å². The van der Waals surface area contributed by atoms with E-state index in [-0.39, 0.29) is 16.0 Å². The Morgan fingerprint density at radius 2 is 2.00 bits per heavy atom. The van der Waals surface area contributed by atoms with Gasteiger partial charge in [0.1, 0.15) is 4.90 Å². The highest BCUT2D eigenvalue weighted by Gasteiger charge is 2.26. The van der Waals surface area contributed by atoms with E-state index in [1.165, 1.54) is 12.1 Å². The lowest BCUT2D eigenvalue weighted by atomic mass is 10.1. The normalized spacial score (nSPS) is 17.6. The highest BCUT2D eigenvalue weighted by Crippen LogP contribution is 2.25. The van der Waals surface area contributed by atoms with E-state index in [0.717, 1.165) is 0 Å². The quantitative estimate of drug-likeness (QED) is 0.847. The second kappa shape index (κ2) is 6.95. The highest BCUT2D eigenvalue weighted by molar-refractivity contribution is 7.89. The predicted octanol–water partition coefficient (Wildman–Crippen LogP) is 2.26. The zero-order chi connectivity index (χ0) is 15.5. The minimum atomic E-state index is -3.69. The average molecular weight is 348 g/mol. The first kappa shape index (κ1) is 16.5. The molecule has 0 bridgehead atoms. The van der Waals surface area contributed by atoms with Gasteiger partial charge in [-0.2, -0.15) is 5.26 Å². The first-order valence-electron chi connectivity index (χ1n) is 6.49. The van der Waals surface area contributed by atoms with Crippen LogP contribution < -0.4 is 4.72 Å². The van der Waals surface area contributed by atoms with E-state index in [1.807, 2.05) is 4.90 Å². The summed E-state index contributed by atoms with van der Waals surface area (Å²) in [4.78, 5) is 1.99. The molecule has 8 heteroatoms. The number of hydrogen-bond acceptors (Lipinski definition) is 4. The number of benzene rings is 1. The van der Waals surface area contributed by atoms with Gasteiger partial charge >= 0.3 is 0 Å². The third kappa shape index (κ3) is 4.31. The predicted molar refractivity (Wildman–Crippen MR) is 81.9 cm³/mol. The fourth-order valence-electron chi connectivity index (χ4n) is 2.27. The Morgan fingerprint density at radius 3 is 2.62 bits per heavy atom. The van der Waals surface area contributed by atoms with Gasteiger partial charge in [-0.1, -0.05) is 23.2 Å². The zero-order valence-corrected chi connectivity index (χ0v) is 13.5. The number of likely N-dealkylation sites (tertiary alicyclic amines) is 1. The standard InChI is InChI=1S/C13H15Cl2N3O2S/c14-10-1-2-12(15)13(9-10)21(19,20)17-11-3-6-18(7-4-11)8-5-16/h1-2,9,11,17H,3-4,6-8H2. The van der Waals surface area contributed by atoms with Crippen LogP contribution in [0.5, 0.6) is 0 Å². The highest BCUT2D eigenvalue weighted by atomic mass is 35.5. The lowest BCUT2D eigenvalue weighted by Crippen LogP contribution is -2.44. The summed E-state index contributed by atoms with van der Waals surface area (Å²) in [5.74, 6) is 0. The van der Waals surface area contributed by atoms with Gasteiger partial charge in [0.05, 0.1) is 17.6 Å². The van der Waals surface area contributed by atoms with Crippen molar-refractivity contribution < 1.29 is 8.42 Å². The minimum Gasteiger partial charge on any atom is -0.290 e. The molecule has 0 atom stereocenters. The van der Waals surface area contributed by atoms with Crippen molar-refractivity contribution in [3.63, 3.8) is 0 Å². The molecule has 1 N–H and O–H groups in total. The van der Waals surface area contributed by atoms with Gasteiger partial charge in [-0.05, 0) is 31.0 Å². The first-order valence-corrected chi connectivity index (χ1v) is 8.73. The maximum atomic E-state index is 12.4. The zero-order valence-electron chi connectivity index (χ0n) is 11.2. The molecule has 0 saturated carbocycles. The van der Waals surface area contributed by atoms with Gasteiger partial charge < -0.3 is 0 Å². The van der Waals surface area contributed by atoms with Gasteiger partial charge in [-0.3, -0.25) is 4.90 Å². The molecule has 0 aromatic heterocycles. The van der Waals surface area contributed by atoms with E-state index in [0.29, 0.717) is 37.5 Å². The number of nitrogens with zero attached hydrogens (tertiary/aromatic N) is 2. The van der Waals surface area contributed by atoms with Gasteiger partial charge in [-0.25, -0.2) is 13.1 Å². The van der Waals surface area contributed by atoms with E-state index in [9.17, 15) is 8.42 Å². The van der Waals surface area contributed by atoms with Crippen molar-refractivity contribution in [2.75, 3.05) is 19.6 Å². The van der Waals surface area contributed by atoms with Gasteiger partial charge in [0, 0.05) is 24.2 Å². The largest absolute Gasteiger partial charge is 0.290 e. The van der Waals surface area contributed by atoms with Crippen LogP contribution in [0.1, 0.15) is 12.8 Å². The van der Waals surface area contributed by atoms with Crippen LogP contribution >= 0.6 is 23.2 Å². The van der Waals surface area contributed by atoms with Crippen LogP contribution in [0.4, 0.5) is 0 Å². The summed E-state index contributed by atoms with van der Waals surface area (Å²) in [6, 6.07) is 6.30. The Hall–Kier alpha value is -0.840. The molecule has 0 spiro atoms. The first-order chi connectivity index (χ1) is 9.92. The summed E-state index contributed by atoms with van der Waals surface area (Å²) in [5.41, 5.74) is 0. The SMILES string of the molecule is N#CCN1CCC(NS(=O)(=O)c2cc(Cl)ccc2Cl)CC1. The van der Waals surface area contributed by atoms with Crippen LogP contribution in [-0.2, 0) is 10.0 Å². The van der Waals surface area contributed by atoms with Crippen LogP contribution in [0.2, 0.25) is 10.0 Å². The molecular weight excluding hydrogens is 333 g/mol. The fourth-order valence-corrected chi connectivity index (χ4v) is 4.34. The molecule has 1 aromatic carbocycles. The van der Waals surface area contributed by atoms with Gasteiger partial charge in [0.2, 0.25) is 10.0 Å². The maximum Gasteiger partial charge on any atom is 0.242 e. The molecule has 1 heterocycles. The Labute approximate surface area is 134 Å². The van der Waals surface area contributed by atoms with Gasteiger partial charge in [0.25, 0.3) is 0 Å². The number of hydrogen-bond donors (Lipinski definition) is 1. The maximum absolute atomic E-state index is 12.4. The summed E-state index contributed by atoms with van der Waals surface area (Å²) in [6.07, 6.45) is 1.33. The third-order valence-corrected chi connectivity index (χ3v) is 5.62. The van der Waals surface area contributed by atoms with E-state index in [4.69, 9.17) is 28.5 Å². The Bertz CT molecular complexity index is 650. The topological polar surface area (TPSA) is 73.2 Å². The van der Waals surface area contributed by atoms with Crippen molar-refractivity contribution in [1.82, 2.24) is 9.62 Å². The van der Waals surface area contributed by atoms with Crippen LogP contribution in [-0.4, -0.2) is 39.0 Å². The smallest absolute Gasteiger partial charge is 0.242 e. The number of halogens is 2. The molecule has 2 rings (SSSR count). The Morgan fingerprint density at radius 1 is 1.33 bits per heavy atom. The van der Waals surface area contributed by atoms with E-state index in [2.05, 4.69) is 10.8 Å². The molecule has 0 amide bonds. The lowest BCUT2D eigenvalue weighted by molar-refractivity contribution is 0.229. The van der Waals surface area contributed by atoms with Crippen molar-refractivity contribution in [3.05, 3.63) is 28.2 Å². The summed E-state index contributed by atoms with van der Waals surface area (Å²) < 4.78 is 27.4. The lowest BCUT2D eigenvalue weighted by Gasteiger charge is -2.30. The van der Waals surface area contributed by atoms with Gasteiger partial charge in [0.15, 0.2) is 0 Å². The van der Waals surface area contributed by atoms with Crippen LogP contribution in [0.15, 0.2) is 23.1 Å². The Kier molecular flexibility index (Phi) is 5.47.